The zero-order chi connectivity index (χ0) is 17.1. The third-order valence-electron chi connectivity index (χ3n) is 3.96. The summed E-state index contributed by atoms with van der Waals surface area (Å²) >= 11 is 0. The molecule has 0 aromatic heterocycles. The second-order valence-electron chi connectivity index (χ2n) is 6.89. The smallest absolute Gasteiger partial charge is 0.302 e. The van der Waals surface area contributed by atoms with Crippen molar-refractivity contribution in [3.05, 3.63) is 23.3 Å². The predicted octanol–water partition coefficient (Wildman–Crippen LogP) is 2.07. The number of amides is 1. The summed E-state index contributed by atoms with van der Waals surface area (Å²) in [7, 11) is 0. The Balaban J connectivity index is 2.95. The molecule has 22 heavy (non-hydrogen) atoms. The van der Waals surface area contributed by atoms with Gasteiger partial charge in [-0.05, 0) is 30.4 Å². The summed E-state index contributed by atoms with van der Waals surface area (Å²) in [6.07, 6.45) is 4.15. The summed E-state index contributed by atoms with van der Waals surface area (Å²) in [6, 6.07) is -0.944. The molecule has 0 saturated carbocycles. The van der Waals surface area contributed by atoms with Crippen molar-refractivity contribution in [2.24, 2.45) is 11.1 Å². The van der Waals surface area contributed by atoms with Crippen molar-refractivity contribution in [2.45, 2.75) is 66.2 Å². The van der Waals surface area contributed by atoms with Gasteiger partial charge in [-0.2, -0.15) is 0 Å². The van der Waals surface area contributed by atoms with Gasteiger partial charge in [-0.3, -0.25) is 9.59 Å². The van der Waals surface area contributed by atoms with Crippen molar-refractivity contribution in [3.63, 3.8) is 0 Å². The molecule has 3 N–H and O–H groups in total. The zero-order valence-corrected chi connectivity index (χ0v) is 14.4. The minimum absolute atomic E-state index is 0.226. The summed E-state index contributed by atoms with van der Waals surface area (Å²) in [5.41, 5.74) is 7.78. The van der Waals surface area contributed by atoms with Crippen molar-refractivity contribution < 1.29 is 14.3 Å². The first kappa shape index (κ1) is 18.4. The van der Waals surface area contributed by atoms with Gasteiger partial charge in [-0.25, -0.2) is 0 Å². The van der Waals surface area contributed by atoms with Gasteiger partial charge in [0.2, 0.25) is 5.91 Å². The van der Waals surface area contributed by atoms with Crippen LogP contribution in [0.15, 0.2) is 23.3 Å². The molecule has 1 amide bonds. The Morgan fingerprint density at radius 2 is 2.00 bits per heavy atom. The molecule has 2 unspecified atom stereocenters. The molecule has 1 aliphatic carbocycles. The van der Waals surface area contributed by atoms with Crippen LogP contribution >= 0.6 is 0 Å². The molecule has 0 aromatic rings. The molecule has 0 bridgehead atoms. The van der Waals surface area contributed by atoms with E-state index in [1.54, 1.807) is 0 Å². The molecule has 3 atom stereocenters. The Morgan fingerprint density at radius 3 is 2.45 bits per heavy atom. The summed E-state index contributed by atoms with van der Waals surface area (Å²) in [5.74, 6) is -0.574. The Morgan fingerprint density at radius 1 is 1.41 bits per heavy atom. The summed E-state index contributed by atoms with van der Waals surface area (Å²) in [4.78, 5) is 23.7. The van der Waals surface area contributed by atoms with Crippen LogP contribution in [0.4, 0.5) is 0 Å². The Hall–Kier alpha value is -1.62. The van der Waals surface area contributed by atoms with E-state index in [1.807, 2.05) is 46.8 Å². The van der Waals surface area contributed by atoms with Crippen LogP contribution in [0.2, 0.25) is 0 Å². The highest BCUT2D eigenvalue weighted by molar-refractivity contribution is 5.83. The highest BCUT2D eigenvalue weighted by Crippen LogP contribution is 2.30. The van der Waals surface area contributed by atoms with Gasteiger partial charge < -0.3 is 15.8 Å². The van der Waals surface area contributed by atoms with E-state index in [0.717, 1.165) is 11.1 Å². The fourth-order valence-electron chi connectivity index (χ4n) is 2.54. The summed E-state index contributed by atoms with van der Waals surface area (Å²) in [5, 5.41) is 2.95. The van der Waals surface area contributed by atoms with E-state index in [1.165, 1.54) is 6.92 Å². The monoisotopic (exact) mass is 308 g/mol. The highest BCUT2D eigenvalue weighted by atomic mass is 16.5. The van der Waals surface area contributed by atoms with Gasteiger partial charge in [0.05, 0.1) is 12.1 Å². The first-order valence-electron chi connectivity index (χ1n) is 7.63. The van der Waals surface area contributed by atoms with Gasteiger partial charge in [-0.1, -0.05) is 32.9 Å². The van der Waals surface area contributed by atoms with E-state index in [4.69, 9.17) is 10.5 Å². The molecule has 0 fully saturated rings. The van der Waals surface area contributed by atoms with Gasteiger partial charge in [0.25, 0.3) is 0 Å². The van der Waals surface area contributed by atoms with Crippen molar-refractivity contribution in [1.82, 2.24) is 5.32 Å². The number of nitrogens with two attached hydrogens (primary N) is 1. The molecule has 5 nitrogen and oxygen atoms in total. The van der Waals surface area contributed by atoms with Crippen LogP contribution in [-0.4, -0.2) is 30.1 Å². The van der Waals surface area contributed by atoms with Crippen LogP contribution < -0.4 is 11.1 Å². The molecule has 0 heterocycles. The minimum Gasteiger partial charge on any atom is -0.460 e. The second-order valence-corrected chi connectivity index (χ2v) is 6.89. The number of hydrogen-bond acceptors (Lipinski definition) is 4. The summed E-state index contributed by atoms with van der Waals surface area (Å²) in [6.45, 7) is 11.0. The van der Waals surface area contributed by atoms with Crippen molar-refractivity contribution in [2.75, 3.05) is 0 Å². The average Bonchev–Trinajstić information content (AvgIpc) is 2.65. The average molecular weight is 308 g/mol. The molecule has 0 aromatic carbocycles. The molecule has 0 spiro atoms. The maximum atomic E-state index is 12.4. The Bertz CT molecular complexity index is 501. The first-order chi connectivity index (χ1) is 10.1. The highest BCUT2D eigenvalue weighted by Gasteiger charge is 2.37. The minimum atomic E-state index is -0.621. The van der Waals surface area contributed by atoms with Gasteiger partial charge in [0.15, 0.2) is 0 Å². The maximum absolute atomic E-state index is 12.4. The standard InChI is InChI=1S/C17H28N2O3/c1-7-8-12-9-13(22-11(3)20)14(10(12)2)19-16(21)15(18)17(4,5)6/h7-8,13-15H,9,18H2,1-6H3,(H,19,21)/b8-7-/t13?,14-,15?/m0/s1. The van der Waals surface area contributed by atoms with Gasteiger partial charge in [-0.15, -0.1) is 0 Å². The van der Waals surface area contributed by atoms with Crippen molar-refractivity contribution in [3.8, 4) is 0 Å². The zero-order valence-electron chi connectivity index (χ0n) is 14.4. The molecule has 1 rings (SSSR count). The third-order valence-corrected chi connectivity index (χ3v) is 3.96. The molecular formula is C17H28N2O3. The van der Waals surface area contributed by atoms with Crippen LogP contribution in [0.3, 0.4) is 0 Å². The van der Waals surface area contributed by atoms with E-state index in [9.17, 15) is 9.59 Å². The lowest BCUT2D eigenvalue weighted by Crippen LogP contribution is -2.53. The predicted molar refractivity (Wildman–Crippen MR) is 87.0 cm³/mol. The molecule has 0 radical (unpaired) electrons. The maximum Gasteiger partial charge on any atom is 0.302 e. The number of ether oxygens (including phenoxy) is 1. The number of esters is 1. The molecular weight excluding hydrogens is 280 g/mol. The van der Waals surface area contributed by atoms with Gasteiger partial charge in [0.1, 0.15) is 6.10 Å². The molecule has 124 valence electrons. The SMILES string of the molecule is C/C=C\C1=C(C)[C@H](NC(=O)C(N)C(C)(C)C)C(OC(C)=O)C1. The van der Waals surface area contributed by atoms with E-state index in [0.29, 0.717) is 6.42 Å². The molecule has 0 aliphatic heterocycles. The first-order valence-corrected chi connectivity index (χ1v) is 7.63. The van der Waals surface area contributed by atoms with E-state index >= 15 is 0 Å². The van der Waals surface area contributed by atoms with Crippen LogP contribution in [0.25, 0.3) is 0 Å². The lowest BCUT2D eigenvalue weighted by Gasteiger charge is -2.29. The topological polar surface area (TPSA) is 81.4 Å². The van der Waals surface area contributed by atoms with Crippen molar-refractivity contribution >= 4 is 11.9 Å². The lowest BCUT2D eigenvalue weighted by atomic mass is 9.86. The lowest BCUT2D eigenvalue weighted by molar-refractivity contribution is -0.147. The molecule has 1 aliphatic rings. The second kappa shape index (κ2) is 7.09. The molecule has 5 heteroatoms. The molecule has 0 saturated heterocycles. The summed E-state index contributed by atoms with van der Waals surface area (Å²) < 4.78 is 5.37. The largest absolute Gasteiger partial charge is 0.460 e. The third kappa shape index (κ3) is 4.44. The number of rotatable bonds is 4. The normalized spacial score (nSPS) is 23.8. The number of carbonyl (C=O) groups is 2. The van der Waals surface area contributed by atoms with E-state index in [2.05, 4.69) is 5.32 Å². The van der Waals surface area contributed by atoms with Gasteiger partial charge in [0, 0.05) is 13.3 Å². The van der Waals surface area contributed by atoms with Gasteiger partial charge >= 0.3 is 5.97 Å². The van der Waals surface area contributed by atoms with E-state index in [-0.39, 0.29) is 29.4 Å². The van der Waals surface area contributed by atoms with Crippen LogP contribution in [0.1, 0.15) is 48.0 Å². The fraction of sp³-hybridized carbons (Fsp3) is 0.647. The van der Waals surface area contributed by atoms with Crippen LogP contribution in [0.5, 0.6) is 0 Å². The van der Waals surface area contributed by atoms with Crippen LogP contribution in [0, 0.1) is 5.41 Å². The Labute approximate surface area is 133 Å². The number of hydrogen-bond donors (Lipinski definition) is 2. The number of nitrogens with one attached hydrogen (secondary N) is 1. The quantitative estimate of drug-likeness (QED) is 0.779. The van der Waals surface area contributed by atoms with Crippen molar-refractivity contribution in [1.29, 1.82) is 0 Å². The Kier molecular flexibility index (Phi) is 5.94. The number of carbonyl (C=O) groups excluding carboxylic acids is 2. The fourth-order valence-corrected chi connectivity index (χ4v) is 2.54. The van der Waals surface area contributed by atoms with Crippen LogP contribution in [-0.2, 0) is 14.3 Å². The van der Waals surface area contributed by atoms with E-state index < -0.39 is 6.04 Å². The number of allylic oxidation sites excluding steroid dienone is 2.